The van der Waals surface area contributed by atoms with Gasteiger partial charge in [0.25, 0.3) is 5.91 Å². The number of pyridine rings is 1. The molecule has 178 valence electrons. The molecule has 2 unspecified atom stereocenters. The van der Waals surface area contributed by atoms with Gasteiger partial charge in [0.05, 0.1) is 11.6 Å². The number of carbonyl (C=O) groups is 2. The predicted molar refractivity (Wildman–Crippen MR) is 135 cm³/mol. The van der Waals surface area contributed by atoms with Gasteiger partial charge in [-0.2, -0.15) is 0 Å². The van der Waals surface area contributed by atoms with Gasteiger partial charge in [-0.1, -0.05) is 50.8 Å². The summed E-state index contributed by atoms with van der Waals surface area (Å²) in [5.74, 6) is 0.773. The first kappa shape index (κ1) is 23.9. The quantitative estimate of drug-likeness (QED) is 0.496. The Morgan fingerprint density at radius 1 is 1.03 bits per heavy atom. The third-order valence-corrected chi connectivity index (χ3v) is 6.73. The van der Waals surface area contributed by atoms with Gasteiger partial charge in [0, 0.05) is 28.6 Å². The molecular weight excluding hydrogens is 424 g/mol. The lowest BCUT2D eigenvalue weighted by Gasteiger charge is -2.28. The number of benzene rings is 2. The third kappa shape index (κ3) is 6.02. The van der Waals surface area contributed by atoms with Gasteiger partial charge >= 0.3 is 0 Å². The Kier molecular flexibility index (Phi) is 7.94. The van der Waals surface area contributed by atoms with E-state index in [-0.39, 0.29) is 23.7 Å². The van der Waals surface area contributed by atoms with E-state index < -0.39 is 0 Å². The number of Topliss-reactive ketones (excluding diaryl/α,β-unsaturated/α-hetero) is 1. The summed E-state index contributed by atoms with van der Waals surface area (Å²) in [7, 11) is 0. The Labute approximate surface area is 201 Å². The number of para-hydroxylation sites is 1. The van der Waals surface area contributed by atoms with Crippen LogP contribution in [0.5, 0.6) is 5.75 Å². The van der Waals surface area contributed by atoms with Crippen molar-refractivity contribution in [1.82, 2.24) is 10.3 Å². The molecule has 0 radical (unpaired) electrons. The lowest BCUT2D eigenvalue weighted by atomic mass is 9.85. The topological polar surface area (TPSA) is 68.3 Å². The van der Waals surface area contributed by atoms with Crippen molar-refractivity contribution in [3.8, 4) is 5.75 Å². The van der Waals surface area contributed by atoms with E-state index in [0.717, 1.165) is 35.0 Å². The minimum Gasteiger partial charge on any atom is -0.489 e. The highest BCUT2D eigenvalue weighted by molar-refractivity contribution is 5.98. The highest BCUT2D eigenvalue weighted by Gasteiger charge is 2.30. The first-order chi connectivity index (χ1) is 16.5. The monoisotopic (exact) mass is 458 g/mol. The summed E-state index contributed by atoms with van der Waals surface area (Å²) in [6.45, 7) is 4.41. The van der Waals surface area contributed by atoms with E-state index in [4.69, 9.17) is 4.74 Å². The smallest absolute Gasteiger partial charge is 0.251 e. The molecule has 2 atom stereocenters. The molecule has 5 rings (SSSR count). The van der Waals surface area contributed by atoms with Crippen LogP contribution in [-0.4, -0.2) is 22.7 Å². The SMILES string of the molecule is C1CCC1.Cc1cc(COc2ccc(C(=O)NC3C(=O)CCCC3C)cc2)c2ccccc2n1. The minimum absolute atomic E-state index is 0.127. The van der Waals surface area contributed by atoms with Crippen molar-refractivity contribution < 1.29 is 14.3 Å². The van der Waals surface area contributed by atoms with Crippen LogP contribution in [0.2, 0.25) is 0 Å². The van der Waals surface area contributed by atoms with Crippen molar-refractivity contribution in [2.45, 2.75) is 71.4 Å². The summed E-state index contributed by atoms with van der Waals surface area (Å²) in [4.78, 5) is 29.2. The van der Waals surface area contributed by atoms with E-state index in [1.54, 1.807) is 24.3 Å². The summed E-state index contributed by atoms with van der Waals surface area (Å²) >= 11 is 0. The fourth-order valence-electron chi connectivity index (χ4n) is 4.31. The number of carbonyl (C=O) groups excluding carboxylic acids is 2. The molecule has 1 heterocycles. The third-order valence-electron chi connectivity index (χ3n) is 6.73. The standard InChI is InChI=1S/C25H26N2O3.C4H8/c1-16-6-5-9-23(28)24(16)27-25(29)18-10-12-20(13-11-18)30-15-19-14-17(2)26-22-8-4-3-7-21(19)22;1-2-4-3-1/h3-4,7-8,10-14,16,24H,5-6,9,15H2,1-2H3,(H,27,29);1-4H2. The number of nitrogens with one attached hydrogen (secondary N) is 1. The zero-order valence-corrected chi connectivity index (χ0v) is 20.2. The summed E-state index contributed by atoms with van der Waals surface area (Å²) in [5.41, 5.74) is 3.50. The average molecular weight is 459 g/mol. The average Bonchev–Trinajstić information content (AvgIpc) is 2.79. The van der Waals surface area contributed by atoms with E-state index in [0.29, 0.717) is 24.3 Å². The van der Waals surface area contributed by atoms with Crippen LogP contribution in [0, 0.1) is 12.8 Å². The van der Waals surface area contributed by atoms with Gasteiger partial charge in [0.1, 0.15) is 12.4 Å². The van der Waals surface area contributed by atoms with Crippen LogP contribution < -0.4 is 10.1 Å². The minimum atomic E-state index is -0.384. The zero-order valence-electron chi connectivity index (χ0n) is 20.2. The number of aryl methyl sites for hydroxylation is 1. The molecule has 0 bridgehead atoms. The molecule has 0 aliphatic heterocycles. The molecule has 0 saturated heterocycles. The molecule has 3 aromatic rings. The van der Waals surface area contributed by atoms with Gasteiger partial charge in [-0.05, 0) is 62.1 Å². The number of hydrogen-bond acceptors (Lipinski definition) is 4. The fourth-order valence-corrected chi connectivity index (χ4v) is 4.31. The van der Waals surface area contributed by atoms with Gasteiger partial charge in [0.15, 0.2) is 5.78 Å². The van der Waals surface area contributed by atoms with Gasteiger partial charge in [-0.25, -0.2) is 0 Å². The molecule has 2 aliphatic rings. The molecule has 1 aromatic heterocycles. The van der Waals surface area contributed by atoms with E-state index in [1.807, 2.05) is 44.2 Å². The second-order valence-corrected chi connectivity index (χ2v) is 9.45. The van der Waals surface area contributed by atoms with E-state index in [9.17, 15) is 9.59 Å². The van der Waals surface area contributed by atoms with Gasteiger partial charge in [-0.15, -0.1) is 0 Å². The summed E-state index contributed by atoms with van der Waals surface area (Å²) in [5, 5.41) is 3.98. The molecule has 0 spiro atoms. The number of rotatable bonds is 5. The number of amides is 1. The molecule has 2 aromatic carbocycles. The molecule has 1 amide bonds. The van der Waals surface area contributed by atoms with Crippen molar-refractivity contribution in [3.05, 3.63) is 71.4 Å². The summed E-state index contributed by atoms with van der Waals surface area (Å²) < 4.78 is 5.96. The maximum Gasteiger partial charge on any atom is 0.251 e. The van der Waals surface area contributed by atoms with Crippen LogP contribution >= 0.6 is 0 Å². The molecule has 2 saturated carbocycles. The zero-order chi connectivity index (χ0) is 23.9. The maximum atomic E-state index is 12.6. The fraction of sp³-hybridized carbons (Fsp3) is 0.414. The van der Waals surface area contributed by atoms with Crippen LogP contribution in [0.15, 0.2) is 54.6 Å². The molecule has 2 fully saturated rings. The first-order valence-electron chi connectivity index (χ1n) is 12.4. The second kappa shape index (κ2) is 11.3. The molecular formula is C29H34N2O3. The Bertz CT molecular complexity index is 1130. The Morgan fingerprint density at radius 2 is 1.74 bits per heavy atom. The number of ether oxygens (including phenoxy) is 1. The number of hydrogen-bond donors (Lipinski definition) is 1. The number of nitrogens with zero attached hydrogens (tertiary/aromatic N) is 1. The number of aromatic nitrogens is 1. The molecule has 5 heteroatoms. The normalized spacial score (nSPS) is 19.5. The predicted octanol–water partition coefficient (Wildman–Crippen LogP) is 6.17. The summed E-state index contributed by atoms with van der Waals surface area (Å²) in [6, 6.07) is 16.7. The molecule has 34 heavy (non-hydrogen) atoms. The second-order valence-electron chi connectivity index (χ2n) is 9.45. The van der Waals surface area contributed by atoms with Crippen molar-refractivity contribution >= 4 is 22.6 Å². The van der Waals surface area contributed by atoms with Crippen molar-refractivity contribution in [1.29, 1.82) is 0 Å². The highest BCUT2D eigenvalue weighted by Crippen LogP contribution is 2.23. The van der Waals surface area contributed by atoms with Crippen molar-refractivity contribution in [3.63, 3.8) is 0 Å². The lowest BCUT2D eigenvalue weighted by Crippen LogP contribution is -2.47. The van der Waals surface area contributed by atoms with E-state index in [2.05, 4.69) is 10.3 Å². The van der Waals surface area contributed by atoms with Crippen LogP contribution in [0.1, 0.15) is 73.5 Å². The Morgan fingerprint density at radius 3 is 2.41 bits per heavy atom. The van der Waals surface area contributed by atoms with Crippen molar-refractivity contribution in [2.75, 3.05) is 0 Å². The van der Waals surface area contributed by atoms with E-state index >= 15 is 0 Å². The van der Waals surface area contributed by atoms with Crippen molar-refractivity contribution in [2.24, 2.45) is 5.92 Å². The molecule has 2 aliphatic carbocycles. The Hall–Kier alpha value is -3.21. The maximum absolute atomic E-state index is 12.6. The molecule has 5 nitrogen and oxygen atoms in total. The lowest BCUT2D eigenvalue weighted by molar-refractivity contribution is -0.123. The highest BCUT2D eigenvalue weighted by atomic mass is 16.5. The van der Waals surface area contributed by atoms with Gasteiger partial charge < -0.3 is 10.1 Å². The first-order valence-corrected chi connectivity index (χ1v) is 12.4. The molecule has 1 N–H and O–H groups in total. The largest absolute Gasteiger partial charge is 0.489 e. The Balaban J connectivity index is 0.000000620. The van der Waals surface area contributed by atoms with E-state index in [1.165, 1.54) is 25.7 Å². The van der Waals surface area contributed by atoms with Crippen LogP contribution in [0.4, 0.5) is 0 Å². The van der Waals surface area contributed by atoms with Crippen LogP contribution in [-0.2, 0) is 11.4 Å². The van der Waals surface area contributed by atoms with Gasteiger partial charge in [0.2, 0.25) is 0 Å². The number of fused-ring (bicyclic) bond motifs is 1. The van der Waals surface area contributed by atoms with Crippen LogP contribution in [0.25, 0.3) is 10.9 Å². The number of ketones is 1. The van der Waals surface area contributed by atoms with Crippen LogP contribution in [0.3, 0.4) is 0 Å². The van der Waals surface area contributed by atoms with Gasteiger partial charge in [-0.3, -0.25) is 14.6 Å². The summed E-state index contributed by atoms with van der Waals surface area (Å²) in [6.07, 6.45) is 8.42.